The quantitative estimate of drug-likeness (QED) is 0.294. The lowest BCUT2D eigenvalue weighted by Gasteiger charge is -2.15. The molecule has 5 heteroatoms. The Balaban J connectivity index is 1.74. The number of rotatable bonds is 7. The van der Waals surface area contributed by atoms with Crippen molar-refractivity contribution in [3.63, 3.8) is 0 Å². The van der Waals surface area contributed by atoms with Gasteiger partial charge in [-0.05, 0) is 48.4 Å². The molecule has 4 nitrogen and oxygen atoms in total. The summed E-state index contributed by atoms with van der Waals surface area (Å²) < 4.78 is 11.3. The van der Waals surface area contributed by atoms with E-state index in [2.05, 4.69) is 4.98 Å². The highest BCUT2D eigenvalue weighted by Crippen LogP contribution is 2.38. The van der Waals surface area contributed by atoms with Crippen LogP contribution in [0.15, 0.2) is 91.0 Å². The van der Waals surface area contributed by atoms with E-state index >= 15 is 0 Å². The topological polar surface area (TPSA) is 48.4 Å². The Morgan fingerprint density at radius 1 is 0.844 bits per heavy atom. The zero-order valence-corrected chi connectivity index (χ0v) is 18.4. The number of aromatic nitrogens is 1. The van der Waals surface area contributed by atoms with Crippen LogP contribution in [-0.2, 0) is 11.3 Å². The van der Waals surface area contributed by atoms with Gasteiger partial charge in [-0.1, -0.05) is 72.3 Å². The lowest BCUT2D eigenvalue weighted by atomic mass is 9.96. The predicted molar refractivity (Wildman–Crippen MR) is 127 cm³/mol. The van der Waals surface area contributed by atoms with Crippen molar-refractivity contribution in [2.45, 2.75) is 13.5 Å². The standard InChI is InChI=1S/C27H22ClNO3/c1-2-31-27(30)25-14-8-13-24(29-25)22-12-7-6-11-21(22)23-17-20(28)15-16-26(23)32-18-19-9-4-3-5-10-19/h3-17H,2,18H2,1H3. The molecule has 4 aromatic rings. The third kappa shape index (κ3) is 4.98. The second-order valence-electron chi connectivity index (χ2n) is 7.09. The summed E-state index contributed by atoms with van der Waals surface area (Å²) in [7, 11) is 0. The van der Waals surface area contributed by atoms with Crippen LogP contribution in [0.5, 0.6) is 5.75 Å². The van der Waals surface area contributed by atoms with Gasteiger partial charge in [0.25, 0.3) is 0 Å². The molecule has 160 valence electrons. The van der Waals surface area contributed by atoms with Gasteiger partial charge in [-0.3, -0.25) is 0 Å². The first-order chi connectivity index (χ1) is 15.7. The smallest absolute Gasteiger partial charge is 0.356 e. The first-order valence-electron chi connectivity index (χ1n) is 10.4. The summed E-state index contributed by atoms with van der Waals surface area (Å²) in [6.07, 6.45) is 0. The Labute approximate surface area is 192 Å². The molecule has 0 unspecified atom stereocenters. The molecule has 4 rings (SSSR count). The summed E-state index contributed by atoms with van der Waals surface area (Å²) in [5.74, 6) is 0.272. The number of carbonyl (C=O) groups excluding carboxylic acids is 1. The molecular formula is C27H22ClNO3. The fourth-order valence-electron chi connectivity index (χ4n) is 3.42. The molecule has 0 N–H and O–H groups in total. The van der Waals surface area contributed by atoms with Gasteiger partial charge in [0, 0.05) is 16.1 Å². The van der Waals surface area contributed by atoms with Crippen molar-refractivity contribution in [3.05, 3.63) is 107 Å². The minimum absolute atomic E-state index is 0.269. The molecule has 0 aliphatic heterocycles. The normalized spacial score (nSPS) is 10.6. The molecular weight excluding hydrogens is 422 g/mol. The van der Waals surface area contributed by atoms with Crippen molar-refractivity contribution < 1.29 is 14.3 Å². The van der Waals surface area contributed by atoms with Gasteiger partial charge in [0.2, 0.25) is 0 Å². The summed E-state index contributed by atoms with van der Waals surface area (Å²) in [6, 6.07) is 28.7. The highest BCUT2D eigenvalue weighted by Gasteiger charge is 2.16. The zero-order valence-electron chi connectivity index (χ0n) is 17.6. The van der Waals surface area contributed by atoms with E-state index in [-0.39, 0.29) is 5.69 Å². The Bertz CT molecular complexity index is 1220. The summed E-state index contributed by atoms with van der Waals surface area (Å²) >= 11 is 6.35. The van der Waals surface area contributed by atoms with Crippen LogP contribution in [0.1, 0.15) is 23.0 Å². The molecule has 32 heavy (non-hydrogen) atoms. The fourth-order valence-corrected chi connectivity index (χ4v) is 3.59. The zero-order chi connectivity index (χ0) is 22.3. The van der Waals surface area contributed by atoms with Crippen LogP contribution in [0.3, 0.4) is 0 Å². The molecule has 0 bridgehead atoms. The van der Waals surface area contributed by atoms with E-state index in [4.69, 9.17) is 21.1 Å². The largest absolute Gasteiger partial charge is 0.488 e. The molecule has 0 saturated carbocycles. The number of ether oxygens (including phenoxy) is 2. The van der Waals surface area contributed by atoms with Crippen LogP contribution in [-0.4, -0.2) is 17.6 Å². The number of nitrogens with zero attached hydrogens (tertiary/aromatic N) is 1. The Kier molecular flexibility index (Phi) is 6.83. The maximum absolute atomic E-state index is 12.2. The van der Waals surface area contributed by atoms with Gasteiger partial charge in [-0.25, -0.2) is 9.78 Å². The predicted octanol–water partition coefficient (Wildman–Crippen LogP) is 6.82. The average molecular weight is 444 g/mol. The molecule has 3 aromatic carbocycles. The Morgan fingerprint density at radius 2 is 1.59 bits per heavy atom. The fraction of sp³-hybridized carbons (Fsp3) is 0.111. The summed E-state index contributed by atoms with van der Waals surface area (Å²) in [6.45, 7) is 2.51. The lowest BCUT2D eigenvalue weighted by Crippen LogP contribution is -2.07. The first-order valence-corrected chi connectivity index (χ1v) is 10.7. The monoisotopic (exact) mass is 443 g/mol. The molecule has 0 spiro atoms. The van der Waals surface area contributed by atoms with Gasteiger partial charge in [0.1, 0.15) is 18.1 Å². The van der Waals surface area contributed by atoms with E-state index < -0.39 is 5.97 Å². The molecule has 1 heterocycles. The van der Waals surface area contributed by atoms with Gasteiger partial charge in [0.05, 0.1) is 12.3 Å². The van der Waals surface area contributed by atoms with E-state index in [0.717, 1.165) is 22.3 Å². The first kappa shape index (κ1) is 21.6. The minimum atomic E-state index is -0.443. The average Bonchev–Trinajstić information content (AvgIpc) is 2.84. The SMILES string of the molecule is CCOC(=O)c1cccc(-c2ccccc2-c2cc(Cl)ccc2OCc2ccccc2)n1. The van der Waals surface area contributed by atoms with Gasteiger partial charge >= 0.3 is 5.97 Å². The van der Waals surface area contributed by atoms with E-state index in [0.29, 0.717) is 29.7 Å². The van der Waals surface area contributed by atoms with Gasteiger partial charge < -0.3 is 9.47 Å². The molecule has 0 amide bonds. The molecule has 0 atom stereocenters. The second-order valence-corrected chi connectivity index (χ2v) is 7.53. The Hall–Kier alpha value is -3.63. The summed E-state index contributed by atoms with van der Waals surface area (Å²) in [4.78, 5) is 16.7. The van der Waals surface area contributed by atoms with E-state index in [1.54, 1.807) is 19.1 Å². The number of halogens is 1. The Morgan fingerprint density at radius 3 is 2.38 bits per heavy atom. The van der Waals surface area contributed by atoms with Crippen LogP contribution in [0.4, 0.5) is 0 Å². The minimum Gasteiger partial charge on any atom is -0.488 e. The maximum Gasteiger partial charge on any atom is 0.356 e. The summed E-state index contributed by atoms with van der Waals surface area (Å²) in [5, 5.41) is 0.607. The van der Waals surface area contributed by atoms with Gasteiger partial charge in [-0.15, -0.1) is 0 Å². The van der Waals surface area contributed by atoms with Crippen LogP contribution in [0.25, 0.3) is 22.4 Å². The van der Waals surface area contributed by atoms with Crippen LogP contribution in [0, 0.1) is 0 Å². The molecule has 1 aromatic heterocycles. The van der Waals surface area contributed by atoms with Gasteiger partial charge in [0.15, 0.2) is 0 Å². The van der Waals surface area contributed by atoms with Crippen LogP contribution >= 0.6 is 11.6 Å². The number of pyridine rings is 1. The van der Waals surface area contributed by atoms with Crippen molar-refractivity contribution in [3.8, 4) is 28.1 Å². The van der Waals surface area contributed by atoms with Gasteiger partial charge in [-0.2, -0.15) is 0 Å². The number of hydrogen-bond acceptors (Lipinski definition) is 4. The van der Waals surface area contributed by atoms with Crippen LogP contribution in [0.2, 0.25) is 5.02 Å². The second kappa shape index (κ2) is 10.1. The summed E-state index contributed by atoms with van der Waals surface area (Å²) in [5.41, 5.74) is 4.64. The highest BCUT2D eigenvalue weighted by molar-refractivity contribution is 6.31. The number of hydrogen-bond donors (Lipinski definition) is 0. The third-order valence-corrected chi connectivity index (χ3v) is 5.14. The van der Waals surface area contributed by atoms with E-state index in [1.165, 1.54) is 0 Å². The number of esters is 1. The van der Waals surface area contributed by atoms with E-state index in [1.807, 2.05) is 78.9 Å². The number of carbonyl (C=O) groups is 1. The molecule has 0 radical (unpaired) electrons. The van der Waals surface area contributed by atoms with E-state index in [9.17, 15) is 4.79 Å². The highest BCUT2D eigenvalue weighted by atomic mass is 35.5. The maximum atomic E-state index is 12.2. The molecule has 0 aliphatic carbocycles. The molecule has 0 aliphatic rings. The van der Waals surface area contributed by atoms with Crippen LogP contribution < -0.4 is 4.74 Å². The van der Waals surface area contributed by atoms with Crippen molar-refractivity contribution in [2.75, 3.05) is 6.61 Å². The lowest BCUT2D eigenvalue weighted by molar-refractivity contribution is 0.0519. The number of benzene rings is 3. The van der Waals surface area contributed by atoms with Crippen molar-refractivity contribution in [1.29, 1.82) is 0 Å². The van der Waals surface area contributed by atoms with Crippen molar-refractivity contribution in [2.24, 2.45) is 0 Å². The third-order valence-electron chi connectivity index (χ3n) is 4.91. The molecule has 0 fully saturated rings. The van der Waals surface area contributed by atoms with Crippen molar-refractivity contribution in [1.82, 2.24) is 4.98 Å². The molecule has 0 saturated heterocycles. The van der Waals surface area contributed by atoms with Crippen molar-refractivity contribution >= 4 is 17.6 Å².